The van der Waals surface area contributed by atoms with Crippen molar-refractivity contribution in [1.82, 2.24) is 19.8 Å². The van der Waals surface area contributed by atoms with Crippen molar-refractivity contribution in [2.45, 2.75) is 31.9 Å². The van der Waals surface area contributed by atoms with Gasteiger partial charge in [-0.25, -0.2) is 0 Å². The van der Waals surface area contributed by atoms with Gasteiger partial charge in [0.1, 0.15) is 0 Å². The predicted octanol–water partition coefficient (Wildman–Crippen LogP) is 1.91. The van der Waals surface area contributed by atoms with E-state index in [-0.39, 0.29) is 6.10 Å². The van der Waals surface area contributed by atoms with Gasteiger partial charge in [0.05, 0.1) is 17.1 Å². The van der Waals surface area contributed by atoms with Crippen molar-refractivity contribution in [2.24, 2.45) is 5.41 Å². The Hall–Kier alpha value is -1.56. The van der Waals surface area contributed by atoms with Crippen LogP contribution in [0, 0.1) is 5.41 Å². The molecule has 0 saturated carbocycles. The lowest BCUT2D eigenvalue weighted by molar-refractivity contribution is -0.0330. The first-order valence-electron chi connectivity index (χ1n) is 8.91. The minimum Gasteiger partial charge on any atom is -0.392 e. The zero-order valence-corrected chi connectivity index (χ0v) is 14.4. The molecule has 2 saturated heterocycles. The topological polar surface area (TPSA) is 52.5 Å². The fraction of sp³-hybridized carbons (Fsp3) is 0.579. The van der Waals surface area contributed by atoms with Gasteiger partial charge in [0, 0.05) is 32.0 Å². The van der Waals surface area contributed by atoms with Crippen LogP contribution >= 0.6 is 0 Å². The van der Waals surface area contributed by atoms with Crippen molar-refractivity contribution in [3.63, 3.8) is 0 Å². The van der Waals surface area contributed by atoms with Gasteiger partial charge in [-0.1, -0.05) is 6.07 Å². The van der Waals surface area contributed by atoms with Gasteiger partial charge in [-0.3, -0.25) is 14.9 Å². The molecule has 0 radical (unpaired) electrons. The highest BCUT2D eigenvalue weighted by atomic mass is 16.3. The first-order chi connectivity index (χ1) is 11.6. The number of likely N-dealkylation sites (tertiary alicyclic amines) is 2. The average Bonchev–Trinajstić information content (AvgIpc) is 2.56. The highest BCUT2D eigenvalue weighted by Gasteiger charge is 2.40. The van der Waals surface area contributed by atoms with Gasteiger partial charge < -0.3 is 10.0 Å². The number of piperidine rings is 2. The molecule has 5 nitrogen and oxygen atoms in total. The molecule has 0 aliphatic carbocycles. The van der Waals surface area contributed by atoms with Crippen LogP contribution in [0.2, 0.25) is 0 Å². The van der Waals surface area contributed by atoms with Gasteiger partial charge in [-0.2, -0.15) is 0 Å². The Bertz CT molecular complexity index is 699. The molecule has 1 N–H and O–H groups in total. The molecule has 1 aromatic heterocycles. The lowest BCUT2D eigenvalue weighted by Gasteiger charge is -2.48. The van der Waals surface area contributed by atoms with Crippen LogP contribution in [-0.2, 0) is 6.54 Å². The second kappa shape index (κ2) is 6.39. The zero-order chi connectivity index (χ0) is 16.6. The highest BCUT2D eigenvalue weighted by molar-refractivity contribution is 5.74. The zero-order valence-electron chi connectivity index (χ0n) is 14.4. The average molecular weight is 326 g/mol. The molecule has 1 atom stereocenters. The summed E-state index contributed by atoms with van der Waals surface area (Å²) >= 11 is 0. The first-order valence-corrected chi connectivity index (χ1v) is 8.91. The summed E-state index contributed by atoms with van der Waals surface area (Å²) in [5, 5.41) is 10.1. The van der Waals surface area contributed by atoms with E-state index >= 15 is 0 Å². The number of nitrogens with zero attached hydrogens (tertiary/aromatic N) is 4. The molecule has 2 aliphatic rings. The molecule has 0 amide bonds. The SMILES string of the molecule is CN1CC(O)CC2(CCN(Cc3ccc4nccnc4c3)CC2)C1. The molecular weight excluding hydrogens is 300 g/mol. The molecule has 0 bridgehead atoms. The summed E-state index contributed by atoms with van der Waals surface area (Å²) in [7, 11) is 2.13. The number of aliphatic hydroxyl groups excluding tert-OH is 1. The maximum absolute atomic E-state index is 10.1. The highest BCUT2D eigenvalue weighted by Crippen LogP contribution is 2.39. The van der Waals surface area contributed by atoms with Gasteiger partial charge in [-0.05, 0) is 62.5 Å². The summed E-state index contributed by atoms with van der Waals surface area (Å²) in [4.78, 5) is 13.6. The summed E-state index contributed by atoms with van der Waals surface area (Å²) < 4.78 is 0. The molecule has 1 aromatic carbocycles. The standard InChI is InChI=1S/C19H26N4O/c1-22-13-16(24)11-19(14-22)4-8-23(9-5-19)12-15-2-3-17-18(10-15)21-7-6-20-17/h2-3,6-7,10,16,24H,4-5,8-9,11-14H2,1H3. The Labute approximate surface area is 143 Å². The molecule has 3 heterocycles. The van der Waals surface area contributed by atoms with Crippen molar-refractivity contribution < 1.29 is 5.11 Å². The van der Waals surface area contributed by atoms with E-state index in [0.717, 1.165) is 50.2 Å². The van der Waals surface area contributed by atoms with Crippen LogP contribution in [0.5, 0.6) is 0 Å². The summed E-state index contributed by atoms with van der Waals surface area (Å²) in [6.45, 7) is 5.15. The van der Waals surface area contributed by atoms with E-state index in [1.165, 1.54) is 18.4 Å². The third-order valence-corrected chi connectivity index (χ3v) is 5.65. The Balaban J connectivity index is 1.40. The number of aliphatic hydroxyl groups is 1. The minimum absolute atomic E-state index is 0.158. The van der Waals surface area contributed by atoms with Gasteiger partial charge in [-0.15, -0.1) is 0 Å². The second-order valence-electron chi connectivity index (χ2n) is 7.71. The number of hydrogen-bond donors (Lipinski definition) is 1. The van der Waals surface area contributed by atoms with Crippen LogP contribution < -0.4 is 0 Å². The van der Waals surface area contributed by atoms with Crippen molar-refractivity contribution >= 4 is 11.0 Å². The van der Waals surface area contributed by atoms with Crippen LogP contribution in [0.3, 0.4) is 0 Å². The Morgan fingerprint density at radius 1 is 1.17 bits per heavy atom. The quantitative estimate of drug-likeness (QED) is 0.914. The van der Waals surface area contributed by atoms with Gasteiger partial charge in [0.25, 0.3) is 0 Å². The number of rotatable bonds is 2. The molecule has 2 aliphatic heterocycles. The molecule has 24 heavy (non-hydrogen) atoms. The van der Waals surface area contributed by atoms with E-state index in [2.05, 4.69) is 45.0 Å². The maximum Gasteiger partial charge on any atom is 0.0890 e. The molecule has 4 rings (SSSR count). The monoisotopic (exact) mass is 326 g/mol. The number of benzene rings is 1. The van der Waals surface area contributed by atoms with Crippen molar-refractivity contribution in [3.8, 4) is 0 Å². The van der Waals surface area contributed by atoms with Crippen LogP contribution in [0.4, 0.5) is 0 Å². The number of fused-ring (bicyclic) bond motifs is 1. The lowest BCUT2D eigenvalue weighted by Crippen LogP contribution is -2.52. The molecule has 2 fully saturated rings. The third kappa shape index (κ3) is 3.29. The van der Waals surface area contributed by atoms with E-state index in [1.807, 2.05) is 0 Å². The summed E-state index contributed by atoms with van der Waals surface area (Å²) in [5.74, 6) is 0. The fourth-order valence-electron chi connectivity index (χ4n) is 4.54. The van der Waals surface area contributed by atoms with Crippen LogP contribution in [0.1, 0.15) is 24.8 Å². The molecule has 2 aromatic rings. The number of β-amino-alcohol motifs (C(OH)–C–C–N with tert-alkyl or cyclic N) is 1. The van der Waals surface area contributed by atoms with Gasteiger partial charge in [0.15, 0.2) is 0 Å². The maximum atomic E-state index is 10.1. The van der Waals surface area contributed by atoms with E-state index in [1.54, 1.807) is 12.4 Å². The summed E-state index contributed by atoms with van der Waals surface area (Å²) in [5.41, 5.74) is 3.55. The van der Waals surface area contributed by atoms with Crippen molar-refractivity contribution in [1.29, 1.82) is 0 Å². The normalized spacial score (nSPS) is 25.3. The molecule has 128 valence electrons. The number of likely N-dealkylation sites (N-methyl/N-ethyl adjacent to an activating group) is 1. The lowest BCUT2D eigenvalue weighted by atomic mass is 9.71. The molecule has 1 unspecified atom stereocenters. The van der Waals surface area contributed by atoms with Crippen LogP contribution in [-0.4, -0.2) is 64.2 Å². The van der Waals surface area contributed by atoms with E-state index in [4.69, 9.17) is 0 Å². The fourth-order valence-corrected chi connectivity index (χ4v) is 4.54. The van der Waals surface area contributed by atoms with Crippen molar-refractivity contribution in [3.05, 3.63) is 36.2 Å². The third-order valence-electron chi connectivity index (χ3n) is 5.65. The Morgan fingerprint density at radius 2 is 1.92 bits per heavy atom. The van der Waals surface area contributed by atoms with E-state index < -0.39 is 0 Å². The summed E-state index contributed by atoms with van der Waals surface area (Å²) in [6, 6.07) is 6.39. The smallest absolute Gasteiger partial charge is 0.0890 e. The van der Waals surface area contributed by atoms with Crippen molar-refractivity contribution in [2.75, 3.05) is 33.2 Å². The van der Waals surface area contributed by atoms with E-state index in [0.29, 0.717) is 5.41 Å². The van der Waals surface area contributed by atoms with Crippen LogP contribution in [0.25, 0.3) is 11.0 Å². The van der Waals surface area contributed by atoms with Crippen LogP contribution in [0.15, 0.2) is 30.6 Å². The first kappa shape index (κ1) is 15.9. The minimum atomic E-state index is -0.158. The predicted molar refractivity (Wildman–Crippen MR) is 94.6 cm³/mol. The Kier molecular flexibility index (Phi) is 4.24. The molecule has 5 heteroatoms. The molecule has 1 spiro atoms. The van der Waals surface area contributed by atoms with Gasteiger partial charge in [0.2, 0.25) is 0 Å². The largest absolute Gasteiger partial charge is 0.392 e. The van der Waals surface area contributed by atoms with E-state index in [9.17, 15) is 5.11 Å². The Morgan fingerprint density at radius 3 is 2.67 bits per heavy atom. The van der Waals surface area contributed by atoms with Gasteiger partial charge >= 0.3 is 0 Å². The summed E-state index contributed by atoms with van der Waals surface area (Å²) in [6.07, 6.45) is 6.67. The molecular formula is C19H26N4O. The second-order valence-corrected chi connectivity index (χ2v) is 7.71. The number of aromatic nitrogens is 2. The number of hydrogen-bond acceptors (Lipinski definition) is 5.